The van der Waals surface area contributed by atoms with Crippen LogP contribution in [0.1, 0.15) is 39.7 Å². The van der Waals surface area contributed by atoms with Gasteiger partial charge in [-0.15, -0.1) is 0 Å². The van der Waals surface area contributed by atoms with E-state index in [-0.39, 0.29) is 24.4 Å². The van der Waals surface area contributed by atoms with Crippen LogP contribution in [0.4, 0.5) is 4.79 Å². The van der Waals surface area contributed by atoms with E-state index < -0.39 is 13.7 Å². The van der Waals surface area contributed by atoms with Crippen molar-refractivity contribution in [2.24, 2.45) is 0 Å². The minimum atomic E-state index is -1.28. The third-order valence-electron chi connectivity index (χ3n) is 6.60. The molecule has 12 heteroatoms. The van der Waals surface area contributed by atoms with Gasteiger partial charge in [0.1, 0.15) is 23.5 Å². The van der Waals surface area contributed by atoms with Gasteiger partial charge in [-0.3, -0.25) is 9.36 Å². The van der Waals surface area contributed by atoms with Crippen molar-refractivity contribution < 1.29 is 14.3 Å². The Kier molecular flexibility index (Phi) is 8.80. The van der Waals surface area contributed by atoms with Crippen molar-refractivity contribution in [3.8, 4) is 11.3 Å². The molecule has 1 aliphatic heterocycles. The van der Waals surface area contributed by atoms with Crippen LogP contribution in [0.5, 0.6) is 0 Å². The Morgan fingerprint density at radius 3 is 2.49 bits per heavy atom. The molecule has 3 aromatic rings. The number of aromatic nitrogens is 4. The first kappa shape index (κ1) is 29.6. The molecular formula is C27H37Cl2N5O4Si. The molecule has 39 heavy (non-hydrogen) atoms. The molecule has 1 saturated heterocycles. The zero-order valence-corrected chi connectivity index (χ0v) is 26.0. The normalized spacial score (nSPS) is 15.2. The highest BCUT2D eigenvalue weighted by atomic mass is 35.5. The topological polar surface area (TPSA) is 91.5 Å². The van der Waals surface area contributed by atoms with Crippen molar-refractivity contribution in [2.45, 2.75) is 77.7 Å². The highest BCUT2D eigenvalue weighted by Crippen LogP contribution is 2.35. The van der Waals surface area contributed by atoms with Gasteiger partial charge in [0, 0.05) is 39.4 Å². The average molecular weight is 595 g/mol. The summed E-state index contributed by atoms with van der Waals surface area (Å²) in [4.78, 5) is 32.8. The van der Waals surface area contributed by atoms with E-state index in [1.54, 1.807) is 32.6 Å². The molecule has 4 rings (SSSR count). The maximum Gasteiger partial charge on any atom is 0.410 e. The monoisotopic (exact) mass is 593 g/mol. The van der Waals surface area contributed by atoms with E-state index in [0.717, 1.165) is 6.04 Å². The van der Waals surface area contributed by atoms with Gasteiger partial charge in [0.15, 0.2) is 5.52 Å². The number of halogens is 2. The molecule has 0 bridgehead atoms. The Bertz CT molecular complexity index is 1400. The van der Waals surface area contributed by atoms with Crippen molar-refractivity contribution in [1.29, 1.82) is 0 Å². The highest BCUT2D eigenvalue weighted by Gasteiger charge is 2.29. The lowest BCUT2D eigenvalue weighted by atomic mass is 10.1. The van der Waals surface area contributed by atoms with Gasteiger partial charge in [-0.1, -0.05) is 55.0 Å². The second-order valence-corrected chi connectivity index (χ2v) is 18.6. The molecule has 0 aliphatic carbocycles. The van der Waals surface area contributed by atoms with Gasteiger partial charge in [0.25, 0.3) is 5.56 Å². The largest absolute Gasteiger partial charge is 0.444 e. The zero-order chi connectivity index (χ0) is 28.5. The summed E-state index contributed by atoms with van der Waals surface area (Å²) in [6.07, 6.45) is 2.46. The second kappa shape index (κ2) is 11.6. The van der Waals surface area contributed by atoms with Gasteiger partial charge in [-0.25, -0.2) is 14.5 Å². The van der Waals surface area contributed by atoms with E-state index in [1.807, 2.05) is 26.8 Å². The van der Waals surface area contributed by atoms with Crippen LogP contribution in [0.25, 0.3) is 22.3 Å². The lowest BCUT2D eigenvalue weighted by Gasteiger charge is -2.34. The number of hydrogen-bond donors (Lipinski definition) is 0. The summed E-state index contributed by atoms with van der Waals surface area (Å²) in [7, 11) is -1.28. The van der Waals surface area contributed by atoms with Crippen LogP contribution in [-0.4, -0.2) is 63.7 Å². The lowest BCUT2D eigenvalue weighted by Crippen LogP contribution is -2.43. The molecule has 1 aliphatic rings. The van der Waals surface area contributed by atoms with Gasteiger partial charge in [-0.2, -0.15) is 5.10 Å². The highest BCUT2D eigenvalue weighted by molar-refractivity contribution is 6.76. The SMILES string of the molecule is CC(C)(C)OC(=O)N1CCC(n2cnc3c(-c4cccc(Cl)c4Cl)nn(COCC[Si](C)(C)C)c3c2=O)CC1. The number of hydrogen-bond acceptors (Lipinski definition) is 6. The summed E-state index contributed by atoms with van der Waals surface area (Å²) in [5.74, 6) is 0. The summed E-state index contributed by atoms with van der Waals surface area (Å²) in [6.45, 7) is 14.1. The van der Waals surface area contributed by atoms with E-state index >= 15 is 0 Å². The Morgan fingerprint density at radius 1 is 1.15 bits per heavy atom. The predicted molar refractivity (Wildman–Crippen MR) is 157 cm³/mol. The Balaban J connectivity index is 1.65. The number of piperidine rings is 1. The Morgan fingerprint density at radius 2 is 1.85 bits per heavy atom. The molecule has 3 heterocycles. The van der Waals surface area contributed by atoms with Crippen molar-refractivity contribution >= 4 is 48.4 Å². The first-order chi connectivity index (χ1) is 18.2. The van der Waals surface area contributed by atoms with Crippen molar-refractivity contribution in [3.63, 3.8) is 0 Å². The van der Waals surface area contributed by atoms with Crippen LogP contribution >= 0.6 is 23.2 Å². The molecule has 1 amide bonds. The number of fused-ring (bicyclic) bond motifs is 1. The summed E-state index contributed by atoms with van der Waals surface area (Å²) in [5.41, 5.74) is 1.12. The maximum absolute atomic E-state index is 13.9. The van der Waals surface area contributed by atoms with Gasteiger partial charge < -0.3 is 14.4 Å². The predicted octanol–water partition coefficient (Wildman–Crippen LogP) is 6.45. The average Bonchev–Trinajstić information content (AvgIpc) is 3.21. The van der Waals surface area contributed by atoms with Crippen LogP contribution in [0.2, 0.25) is 35.7 Å². The standard InChI is InChI=1S/C27H37Cl2N5O4Si/c1-27(2,3)38-26(36)32-12-10-18(11-13-32)33-16-30-23-22(19-8-7-9-20(28)21(19)29)31-34(24(23)25(33)35)17-37-14-15-39(4,5)6/h7-9,16,18H,10-15,17H2,1-6H3. The quantitative estimate of drug-likeness (QED) is 0.231. The van der Waals surface area contributed by atoms with Gasteiger partial charge in [0.05, 0.1) is 16.4 Å². The number of benzene rings is 1. The number of likely N-dealkylation sites (tertiary alicyclic amines) is 1. The number of carbonyl (C=O) groups excluding carboxylic acids is 1. The fraction of sp³-hybridized carbons (Fsp3) is 0.556. The third-order valence-corrected chi connectivity index (χ3v) is 9.13. The summed E-state index contributed by atoms with van der Waals surface area (Å²) in [6, 6.07) is 6.20. The molecule has 0 radical (unpaired) electrons. The van der Waals surface area contributed by atoms with Gasteiger partial charge in [-0.05, 0) is 45.7 Å². The van der Waals surface area contributed by atoms with Crippen LogP contribution < -0.4 is 5.56 Å². The molecule has 2 aromatic heterocycles. The Labute approximate surface area is 240 Å². The van der Waals surface area contributed by atoms with Crippen molar-refractivity contribution in [3.05, 3.63) is 44.9 Å². The molecule has 1 fully saturated rings. The van der Waals surface area contributed by atoms with Crippen molar-refractivity contribution in [2.75, 3.05) is 19.7 Å². The third kappa shape index (κ3) is 7.03. The second-order valence-electron chi connectivity index (χ2n) is 12.2. The van der Waals surface area contributed by atoms with Crippen LogP contribution in [0.3, 0.4) is 0 Å². The molecule has 212 valence electrons. The van der Waals surface area contributed by atoms with Crippen molar-refractivity contribution in [1.82, 2.24) is 24.2 Å². The fourth-order valence-electron chi connectivity index (χ4n) is 4.49. The molecule has 1 aromatic carbocycles. The molecule has 0 saturated carbocycles. The minimum absolute atomic E-state index is 0.109. The number of carbonyl (C=O) groups is 1. The maximum atomic E-state index is 13.9. The van der Waals surface area contributed by atoms with E-state index in [1.165, 1.54) is 0 Å². The van der Waals surface area contributed by atoms with E-state index in [9.17, 15) is 9.59 Å². The number of amides is 1. The smallest absolute Gasteiger partial charge is 0.410 e. The van der Waals surface area contributed by atoms with Crippen LogP contribution in [-0.2, 0) is 16.2 Å². The van der Waals surface area contributed by atoms with Crippen LogP contribution in [0.15, 0.2) is 29.3 Å². The molecular weight excluding hydrogens is 557 g/mol. The minimum Gasteiger partial charge on any atom is -0.444 e. The molecule has 0 unspecified atom stereocenters. The van der Waals surface area contributed by atoms with E-state index in [0.29, 0.717) is 64.9 Å². The first-order valence-corrected chi connectivity index (χ1v) is 17.7. The van der Waals surface area contributed by atoms with Gasteiger partial charge >= 0.3 is 6.09 Å². The zero-order valence-electron chi connectivity index (χ0n) is 23.5. The fourth-order valence-corrected chi connectivity index (χ4v) is 5.63. The Hall–Kier alpha value is -2.40. The summed E-state index contributed by atoms with van der Waals surface area (Å²) >= 11 is 12.8. The van der Waals surface area contributed by atoms with E-state index in [2.05, 4.69) is 24.6 Å². The summed E-state index contributed by atoms with van der Waals surface area (Å²) < 4.78 is 14.7. The number of rotatable bonds is 7. The molecule has 0 N–H and O–H groups in total. The summed E-state index contributed by atoms with van der Waals surface area (Å²) in [5, 5.41) is 5.48. The number of ether oxygens (including phenoxy) is 2. The van der Waals surface area contributed by atoms with E-state index in [4.69, 9.17) is 37.8 Å². The first-order valence-electron chi connectivity index (χ1n) is 13.2. The molecule has 0 spiro atoms. The molecule has 9 nitrogen and oxygen atoms in total. The number of nitrogens with zero attached hydrogens (tertiary/aromatic N) is 5. The van der Waals surface area contributed by atoms with Crippen LogP contribution in [0, 0.1) is 0 Å². The molecule has 0 atom stereocenters. The lowest BCUT2D eigenvalue weighted by molar-refractivity contribution is 0.0187. The van der Waals surface area contributed by atoms with Gasteiger partial charge in [0.2, 0.25) is 0 Å².